The average Bonchev–Trinajstić information content (AvgIpc) is 2.91. The van der Waals surface area contributed by atoms with Crippen LogP contribution in [0.2, 0.25) is 0 Å². The van der Waals surface area contributed by atoms with Crippen LogP contribution in [0.4, 0.5) is 0 Å². The normalized spacial score (nSPS) is 11.0. The van der Waals surface area contributed by atoms with Crippen LogP contribution in [-0.4, -0.2) is 45.5 Å². The summed E-state index contributed by atoms with van der Waals surface area (Å²) in [5, 5.41) is 3.33. The first-order valence-corrected chi connectivity index (χ1v) is 13.3. The monoisotopic (exact) mass is 506 g/mol. The van der Waals surface area contributed by atoms with Crippen LogP contribution in [0, 0.1) is 0 Å². The first-order valence-electron chi connectivity index (χ1n) is 13.3. The minimum absolute atomic E-state index is 0.0447. The fourth-order valence-corrected chi connectivity index (χ4v) is 4.49. The summed E-state index contributed by atoms with van der Waals surface area (Å²) < 4.78 is 2.61. The van der Waals surface area contributed by atoms with Gasteiger partial charge < -0.3 is 10.2 Å². The molecule has 8 heteroatoms. The van der Waals surface area contributed by atoms with Gasteiger partial charge in [-0.25, -0.2) is 4.79 Å². The lowest BCUT2D eigenvalue weighted by atomic mass is 10.1. The van der Waals surface area contributed by atoms with Crippen LogP contribution in [0.25, 0.3) is 10.9 Å². The number of rotatable bonds is 14. The standard InChI is InChI=1S/C29H38N4O4/c1-3-19-31(20-4-2)27(35)22-33-25-15-9-8-14-24(25)28(36)32(29(33)37)21-11-10-16-26(34)30-18-17-23-12-6-5-7-13-23/h5-9,12-15H,3-4,10-11,16-22H2,1-2H3,(H,30,34). The molecule has 1 heterocycles. The van der Waals surface area contributed by atoms with Gasteiger partial charge in [-0.15, -0.1) is 0 Å². The highest BCUT2D eigenvalue weighted by molar-refractivity contribution is 5.81. The molecule has 0 aliphatic carbocycles. The van der Waals surface area contributed by atoms with Gasteiger partial charge in [0.05, 0.1) is 10.9 Å². The number of para-hydroxylation sites is 1. The molecule has 3 rings (SSSR count). The minimum Gasteiger partial charge on any atom is -0.356 e. The fraction of sp³-hybridized carbons (Fsp3) is 0.448. The summed E-state index contributed by atoms with van der Waals surface area (Å²) in [4.78, 5) is 53.5. The molecular weight excluding hydrogens is 468 g/mol. The van der Waals surface area contributed by atoms with Gasteiger partial charge in [-0.05, 0) is 49.8 Å². The van der Waals surface area contributed by atoms with Gasteiger partial charge in [0.2, 0.25) is 11.8 Å². The Morgan fingerprint density at radius 2 is 1.54 bits per heavy atom. The highest BCUT2D eigenvalue weighted by atomic mass is 16.2. The van der Waals surface area contributed by atoms with Crippen LogP contribution < -0.4 is 16.6 Å². The maximum absolute atomic E-state index is 13.4. The third-order valence-corrected chi connectivity index (χ3v) is 6.38. The molecule has 2 aromatic carbocycles. The molecule has 37 heavy (non-hydrogen) atoms. The molecule has 8 nitrogen and oxygen atoms in total. The van der Waals surface area contributed by atoms with Gasteiger partial charge in [-0.2, -0.15) is 0 Å². The molecule has 0 atom stereocenters. The highest BCUT2D eigenvalue weighted by Gasteiger charge is 2.18. The van der Waals surface area contributed by atoms with Gasteiger partial charge in [0.25, 0.3) is 5.56 Å². The quantitative estimate of drug-likeness (QED) is 0.340. The van der Waals surface area contributed by atoms with E-state index in [1.54, 1.807) is 29.2 Å². The van der Waals surface area contributed by atoms with Crippen molar-refractivity contribution in [2.75, 3.05) is 19.6 Å². The van der Waals surface area contributed by atoms with E-state index in [9.17, 15) is 19.2 Å². The zero-order valence-electron chi connectivity index (χ0n) is 21.9. The second kappa shape index (κ2) is 14.2. The zero-order valence-corrected chi connectivity index (χ0v) is 21.9. The van der Waals surface area contributed by atoms with Crippen molar-refractivity contribution < 1.29 is 9.59 Å². The lowest BCUT2D eigenvalue weighted by molar-refractivity contribution is -0.132. The molecule has 0 aliphatic heterocycles. The van der Waals surface area contributed by atoms with E-state index in [0.29, 0.717) is 49.8 Å². The number of benzene rings is 2. The van der Waals surface area contributed by atoms with Gasteiger partial charge in [-0.3, -0.25) is 23.5 Å². The first-order chi connectivity index (χ1) is 18.0. The van der Waals surface area contributed by atoms with Gasteiger partial charge >= 0.3 is 5.69 Å². The Morgan fingerprint density at radius 3 is 2.24 bits per heavy atom. The van der Waals surface area contributed by atoms with E-state index in [1.165, 1.54) is 14.7 Å². The van der Waals surface area contributed by atoms with Gasteiger partial charge in [0.15, 0.2) is 0 Å². The Labute approximate surface area is 217 Å². The summed E-state index contributed by atoms with van der Waals surface area (Å²) in [6, 6.07) is 16.9. The molecule has 0 unspecified atom stereocenters. The Hall–Kier alpha value is -3.68. The van der Waals surface area contributed by atoms with Crippen molar-refractivity contribution in [3.05, 3.63) is 81.0 Å². The predicted molar refractivity (Wildman–Crippen MR) is 147 cm³/mol. The summed E-state index contributed by atoms with van der Waals surface area (Å²) in [5.74, 6) is -0.176. The van der Waals surface area contributed by atoms with Crippen molar-refractivity contribution in [3.8, 4) is 0 Å². The summed E-state index contributed by atoms with van der Waals surface area (Å²) >= 11 is 0. The number of carbonyl (C=O) groups excluding carboxylic acids is 2. The summed E-state index contributed by atoms with van der Waals surface area (Å²) in [6.07, 6.45) is 3.82. The Bertz CT molecular complexity index is 1290. The van der Waals surface area contributed by atoms with Crippen LogP contribution >= 0.6 is 0 Å². The molecule has 1 N–H and O–H groups in total. The fourth-order valence-electron chi connectivity index (χ4n) is 4.49. The minimum atomic E-state index is -0.489. The van der Waals surface area contributed by atoms with Crippen LogP contribution in [0.3, 0.4) is 0 Å². The van der Waals surface area contributed by atoms with Gasteiger partial charge in [-0.1, -0.05) is 56.3 Å². The van der Waals surface area contributed by atoms with E-state index in [0.717, 1.165) is 19.3 Å². The highest BCUT2D eigenvalue weighted by Crippen LogP contribution is 2.09. The third kappa shape index (κ3) is 7.65. The van der Waals surface area contributed by atoms with E-state index < -0.39 is 5.69 Å². The molecule has 0 aliphatic rings. The predicted octanol–water partition coefficient (Wildman–Crippen LogP) is 3.34. The van der Waals surface area contributed by atoms with Gasteiger partial charge in [0.1, 0.15) is 6.54 Å². The third-order valence-electron chi connectivity index (χ3n) is 6.38. The van der Waals surface area contributed by atoms with Crippen molar-refractivity contribution in [2.24, 2.45) is 0 Å². The number of hydrogen-bond acceptors (Lipinski definition) is 4. The van der Waals surface area contributed by atoms with Gasteiger partial charge in [0, 0.05) is 32.6 Å². The molecule has 0 fully saturated rings. The van der Waals surface area contributed by atoms with E-state index in [-0.39, 0.29) is 30.5 Å². The van der Waals surface area contributed by atoms with Crippen molar-refractivity contribution in [3.63, 3.8) is 0 Å². The Morgan fingerprint density at radius 1 is 0.865 bits per heavy atom. The van der Waals surface area contributed by atoms with E-state index in [4.69, 9.17) is 0 Å². The van der Waals surface area contributed by atoms with Crippen molar-refractivity contribution in [1.82, 2.24) is 19.4 Å². The van der Waals surface area contributed by atoms with E-state index in [1.807, 2.05) is 44.2 Å². The number of fused-ring (bicyclic) bond motifs is 1. The van der Waals surface area contributed by atoms with Crippen LogP contribution in [0.5, 0.6) is 0 Å². The van der Waals surface area contributed by atoms with Crippen molar-refractivity contribution >= 4 is 22.7 Å². The second-order valence-corrected chi connectivity index (χ2v) is 9.27. The molecule has 0 saturated heterocycles. The van der Waals surface area contributed by atoms with Crippen LogP contribution in [0.1, 0.15) is 51.5 Å². The number of amides is 2. The number of carbonyl (C=O) groups is 2. The van der Waals surface area contributed by atoms with Crippen LogP contribution in [-0.2, 0) is 29.1 Å². The maximum Gasteiger partial charge on any atom is 0.331 e. The number of aromatic nitrogens is 2. The number of nitrogens with one attached hydrogen (secondary N) is 1. The molecule has 198 valence electrons. The SMILES string of the molecule is CCCN(CCC)C(=O)Cn1c(=O)n(CCCCC(=O)NCCc2ccccc2)c(=O)c2ccccc21. The Kier molecular flexibility index (Phi) is 10.7. The topological polar surface area (TPSA) is 93.4 Å². The number of hydrogen-bond donors (Lipinski definition) is 1. The van der Waals surface area contributed by atoms with E-state index >= 15 is 0 Å². The number of nitrogens with zero attached hydrogens (tertiary/aromatic N) is 3. The molecule has 0 radical (unpaired) electrons. The molecular formula is C29H38N4O4. The molecule has 0 spiro atoms. The van der Waals surface area contributed by atoms with E-state index in [2.05, 4.69) is 5.32 Å². The first kappa shape index (κ1) is 27.9. The van der Waals surface area contributed by atoms with Crippen LogP contribution in [0.15, 0.2) is 64.2 Å². The van der Waals surface area contributed by atoms with Crippen molar-refractivity contribution in [2.45, 2.75) is 65.5 Å². The van der Waals surface area contributed by atoms with Crippen molar-refractivity contribution in [1.29, 1.82) is 0 Å². The lowest BCUT2D eigenvalue weighted by Crippen LogP contribution is -2.44. The number of unbranched alkanes of at least 4 members (excludes halogenated alkanes) is 1. The lowest BCUT2D eigenvalue weighted by Gasteiger charge is -2.22. The molecule has 1 aromatic heterocycles. The zero-order chi connectivity index (χ0) is 26.6. The molecule has 3 aromatic rings. The molecule has 0 saturated carbocycles. The maximum atomic E-state index is 13.4. The average molecular weight is 507 g/mol. The molecule has 0 bridgehead atoms. The second-order valence-electron chi connectivity index (χ2n) is 9.27. The summed E-state index contributed by atoms with van der Waals surface area (Å²) in [6.45, 7) is 5.95. The molecule has 2 amide bonds. The Balaban J connectivity index is 1.66. The summed E-state index contributed by atoms with van der Waals surface area (Å²) in [7, 11) is 0. The largest absolute Gasteiger partial charge is 0.356 e. The summed E-state index contributed by atoms with van der Waals surface area (Å²) in [5.41, 5.74) is 0.779. The smallest absolute Gasteiger partial charge is 0.331 e.